The number of fused-ring (bicyclic) bond motifs is 3. The molecule has 0 fully saturated rings. The van der Waals surface area contributed by atoms with Gasteiger partial charge in [-0.3, -0.25) is 9.59 Å². The molecule has 1 aliphatic carbocycles. The van der Waals surface area contributed by atoms with Crippen LogP contribution in [0.5, 0.6) is 0 Å². The molecule has 2 amide bonds. The molecule has 0 atom stereocenters. The molecule has 3 aromatic rings. The van der Waals surface area contributed by atoms with Gasteiger partial charge in [0, 0.05) is 27.4 Å². The fraction of sp³-hybridized carbons (Fsp3) is 0.182. The third kappa shape index (κ3) is 4.37. The highest BCUT2D eigenvalue weighted by Gasteiger charge is 2.30. The maximum absolute atomic E-state index is 11.5. The minimum Gasteiger partial charge on any atom is -0.404 e. The number of amides is 2. The molecule has 0 radical (unpaired) electrons. The molecule has 2 aromatic heterocycles. The van der Waals surface area contributed by atoms with Crippen LogP contribution in [0.3, 0.4) is 0 Å². The standard InChI is InChI=1S/C21H20BrN5OS.CH3NO/c1-3-4-13(10-23)18-14-6-7-16-20(29-11(2)25-16)19(14)27(26-18)17-8-5-12(21(24)28)9-15(17)22;2-1-3/h3-5,8-10H,6-7,23H2,1-2H3,(H2,24,28);1H,(H2,2,3)/b4-3-,13-10+;. The molecule has 0 bridgehead atoms. The number of hydrogen-bond donors (Lipinski definition) is 3. The predicted molar refractivity (Wildman–Crippen MR) is 130 cm³/mol. The summed E-state index contributed by atoms with van der Waals surface area (Å²) in [6.45, 7) is 3.98. The Morgan fingerprint density at radius 3 is 2.59 bits per heavy atom. The molecule has 0 unspecified atom stereocenters. The highest BCUT2D eigenvalue weighted by molar-refractivity contribution is 9.10. The molecule has 32 heavy (non-hydrogen) atoms. The summed E-state index contributed by atoms with van der Waals surface area (Å²) in [6.07, 6.45) is 7.47. The van der Waals surface area contributed by atoms with Gasteiger partial charge in [0.15, 0.2) is 0 Å². The Kier molecular flexibility index (Phi) is 7.26. The number of nitrogens with zero attached hydrogens (tertiary/aromatic N) is 3. The van der Waals surface area contributed by atoms with Crippen LogP contribution < -0.4 is 17.2 Å². The maximum Gasteiger partial charge on any atom is 0.248 e. The minimum atomic E-state index is -0.470. The molecule has 2 heterocycles. The van der Waals surface area contributed by atoms with Crippen LogP contribution >= 0.6 is 27.3 Å². The average Bonchev–Trinajstić information content (AvgIpc) is 3.32. The molecule has 6 N–H and O–H groups in total. The largest absolute Gasteiger partial charge is 0.404 e. The van der Waals surface area contributed by atoms with Crippen LogP contribution in [-0.4, -0.2) is 27.1 Å². The Hall–Kier alpha value is -3.24. The fourth-order valence-corrected chi connectivity index (χ4v) is 5.19. The number of carbonyl (C=O) groups is 2. The number of primary amides is 2. The van der Waals surface area contributed by atoms with Crippen molar-refractivity contribution in [2.45, 2.75) is 26.7 Å². The SMILES string of the molecule is C/C=C\C(=C/N)c1nn(-c2ccc(C(N)=O)cc2Br)c2c1CCc1nc(C)sc1-2.NC=O. The second-order valence-electron chi connectivity index (χ2n) is 6.88. The molecule has 1 aromatic carbocycles. The van der Waals surface area contributed by atoms with Crippen LogP contribution in [0.25, 0.3) is 21.8 Å². The summed E-state index contributed by atoms with van der Waals surface area (Å²) in [5.74, 6) is -0.470. The van der Waals surface area contributed by atoms with Crippen molar-refractivity contribution in [3.63, 3.8) is 0 Å². The van der Waals surface area contributed by atoms with Gasteiger partial charge in [-0.15, -0.1) is 11.3 Å². The second kappa shape index (κ2) is 9.92. The molecule has 1 aliphatic rings. The van der Waals surface area contributed by atoms with Crippen molar-refractivity contribution < 1.29 is 9.59 Å². The zero-order chi connectivity index (χ0) is 23.4. The van der Waals surface area contributed by atoms with Crippen LogP contribution in [-0.2, 0) is 17.6 Å². The molecule has 4 rings (SSSR count). The predicted octanol–water partition coefficient (Wildman–Crippen LogP) is 3.24. The van der Waals surface area contributed by atoms with Gasteiger partial charge < -0.3 is 17.2 Å². The van der Waals surface area contributed by atoms with E-state index in [-0.39, 0.29) is 6.41 Å². The topological polar surface area (TPSA) is 143 Å². The summed E-state index contributed by atoms with van der Waals surface area (Å²) in [4.78, 5) is 26.0. The van der Waals surface area contributed by atoms with Gasteiger partial charge in [-0.1, -0.05) is 12.2 Å². The van der Waals surface area contributed by atoms with E-state index in [2.05, 4.69) is 21.7 Å². The maximum atomic E-state index is 11.5. The third-order valence-corrected chi connectivity index (χ3v) is 6.53. The van der Waals surface area contributed by atoms with E-state index in [4.69, 9.17) is 26.3 Å². The Labute approximate surface area is 197 Å². The molecule has 8 nitrogen and oxygen atoms in total. The average molecular weight is 515 g/mol. The second-order valence-corrected chi connectivity index (χ2v) is 8.94. The van der Waals surface area contributed by atoms with Crippen LogP contribution in [0.4, 0.5) is 0 Å². The Morgan fingerprint density at radius 2 is 2.00 bits per heavy atom. The summed E-state index contributed by atoms with van der Waals surface area (Å²) in [5.41, 5.74) is 21.8. The van der Waals surface area contributed by atoms with Crippen molar-refractivity contribution in [1.82, 2.24) is 14.8 Å². The zero-order valence-electron chi connectivity index (χ0n) is 17.6. The van der Waals surface area contributed by atoms with Gasteiger partial charge in [-0.25, -0.2) is 9.67 Å². The molecule has 0 aliphatic heterocycles. The lowest BCUT2D eigenvalue weighted by Gasteiger charge is -2.15. The summed E-state index contributed by atoms with van der Waals surface area (Å²) in [7, 11) is 0. The Morgan fingerprint density at radius 1 is 1.28 bits per heavy atom. The van der Waals surface area contributed by atoms with Crippen LogP contribution in [0.1, 0.15) is 39.2 Å². The number of aromatic nitrogens is 3. The first kappa shape index (κ1) is 23.4. The van der Waals surface area contributed by atoms with E-state index in [1.807, 2.05) is 36.7 Å². The van der Waals surface area contributed by atoms with Gasteiger partial charge in [0.1, 0.15) is 0 Å². The lowest BCUT2D eigenvalue weighted by atomic mass is 9.95. The van der Waals surface area contributed by atoms with E-state index in [9.17, 15) is 4.79 Å². The number of benzene rings is 1. The van der Waals surface area contributed by atoms with Gasteiger partial charge >= 0.3 is 0 Å². The van der Waals surface area contributed by atoms with Crippen molar-refractivity contribution in [2.24, 2.45) is 17.2 Å². The number of nitrogens with two attached hydrogens (primary N) is 3. The first-order valence-corrected chi connectivity index (χ1v) is 11.4. The molecule has 166 valence electrons. The van der Waals surface area contributed by atoms with Crippen molar-refractivity contribution in [2.75, 3.05) is 0 Å². The number of aryl methyl sites for hydroxylation is 2. The number of allylic oxidation sites excluding steroid dienone is 3. The van der Waals surface area contributed by atoms with E-state index in [1.165, 1.54) is 0 Å². The van der Waals surface area contributed by atoms with Crippen molar-refractivity contribution in [3.05, 3.63) is 68.5 Å². The van der Waals surface area contributed by atoms with Gasteiger partial charge in [0.2, 0.25) is 12.3 Å². The molecular formula is C22H23BrN6O2S. The summed E-state index contributed by atoms with van der Waals surface area (Å²) >= 11 is 5.26. The van der Waals surface area contributed by atoms with Crippen molar-refractivity contribution in [3.8, 4) is 16.3 Å². The third-order valence-electron chi connectivity index (χ3n) is 4.87. The number of thiazole rings is 1. The number of hydrogen-bond acceptors (Lipinski definition) is 6. The molecule has 0 spiro atoms. The van der Waals surface area contributed by atoms with E-state index in [0.29, 0.717) is 5.56 Å². The zero-order valence-corrected chi connectivity index (χ0v) is 20.0. The molecular weight excluding hydrogens is 492 g/mol. The smallest absolute Gasteiger partial charge is 0.248 e. The van der Waals surface area contributed by atoms with Gasteiger partial charge in [-0.05, 0) is 60.8 Å². The normalized spacial score (nSPS) is 12.7. The Balaban J connectivity index is 0.000000913. The van der Waals surface area contributed by atoms with E-state index < -0.39 is 5.91 Å². The lowest BCUT2D eigenvalue weighted by Crippen LogP contribution is -2.11. The minimum absolute atomic E-state index is 0.250. The van der Waals surface area contributed by atoms with Crippen LogP contribution in [0.15, 0.2) is 41.0 Å². The fourth-order valence-electron chi connectivity index (χ4n) is 3.62. The first-order valence-electron chi connectivity index (χ1n) is 9.74. The van der Waals surface area contributed by atoms with Crippen LogP contribution in [0.2, 0.25) is 0 Å². The van der Waals surface area contributed by atoms with Gasteiger partial charge in [-0.2, -0.15) is 5.10 Å². The summed E-state index contributed by atoms with van der Waals surface area (Å²) in [5, 5.41) is 5.98. The van der Waals surface area contributed by atoms with E-state index in [0.717, 1.165) is 61.1 Å². The van der Waals surface area contributed by atoms with Gasteiger partial charge in [0.25, 0.3) is 0 Å². The van der Waals surface area contributed by atoms with Gasteiger partial charge in [0.05, 0.1) is 32.7 Å². The van der Waals surface area contributed by atoms with Crippen molar-refractivity contribution in [1.29, 1.82) is 0 Å². The Bertz CT molecular complexity index is 1240. The number of halogens is 1. The first-order chi connectivity index (χ1) is 15.4. The summed E-state index contributed by atoms with van der Waals surface area (Å²) in [6, 6.07) is 5.28. The molecule has 0 saturated carbocycles. The molecule has 10 heteroatoms. The van der Waals surface area contributed by atoms with Crippen molar-refractivity contribution >= 4 is 45.2 Å². The quantitative estimate of drug-likeness (QED) is 0.361. The lowest BCUT2D eigenvalue weighted by molar-refractivity contribution is -0.106. The van der Waals surface area contributed by atoms with E-state index in [1.54, 1.807) is 29.7 Å². The monoisotopic (exact) mass is 514 g/mol. The van der Waals surface area contributed by atoms with E-state index >= 15 is 0 Å². The number of rotatable bonds is 4. The highest BCUT2D eigenvalue weighted by Crippen LogP contribution is 2.42. The molecule has 0 saturated heterocycles. The summed E-state index contributed by atoms with van der Waals surface area (Å²) < 4.78 is 2.66. The highest BCUT2D eigenvalue weighted by atomic mass is 79.9. The number of carbonyl (C=O) groups excluding carboxylic acids is 2. The van der Waals surface area contributed by atoms with Crippen LogP contribution in [0, 0.1) is 6.92 Å².